The van der Waals surface area contributed by atoms with E-state index in [1.807, 2.05) is 64.1 Å². The fourth-order valence-corrected chi connectivity index (χ4v) is 4.97. The van der Waals surface area contributed by atoms with Crippen molar-refractivity contribution in [1.29, 1.82) is 5.26 Å². The molecule has 2 heterocycles. The number of nitriles is 1. The van der Waals surface area contributed by atoms with Gasteiger partial charge in [0, 0.05) is 36.0 Å². The molecule has 200 valence electrons. The van der Waals surface area contributed by atoms with Gasteiger partial charge in [0.2, 0.25) is 0 Å². The average Bonchev–Trinajstić information content (AvgIpc) is 3.16. The van der Waals surface area contributed by atoms with Crippen molar-refractivity contribution in [2.24, 2.45) is 5.41 Å². The summed E-state index contributed by atoms with van der Waals surface area (Å²) in [5.41, 5.74) is 4.08. The zero-order valence-electron chi connectivity index (χ0n) is 22.8. The van der Waals surface area contributed by atoms with Crippen LogP contribution in [0, 0.1) is 16.7 Å². The van der Waals surface area contributed by atoms with E-state index in [1.54, 1.807) is 0 Å². The molecule has 0 spiro atoms. The Balaban J connectivity index is 1.45. The molecule has 1 saturated carbocycles. The molecule has 0 radical (unpaired) electrons. The molecular formula is C31H37N3O4. The molecule has 7 heteroatoms. The predicted octanol–water partition coefficient (Wildman–Crippen LogP) is 7.45. The normalized spacial score (nSPS) is 17.4. The topological polar surface area (TPSA) is 85.5 Å². The molecule has 0 bridgehead atoms. The lowest BCUT2D eigenvalue weighted by Crippen LogP contribution is -2.30. The van der Waals surface area contributed by atoms with Gasteiger partial charge in [-0.2, -0.15) is 5.26 Å². The number of hydrogen-bond donors (Lipinski definition) is 1. The van der Waals surface area contributed by atoms with E-state index in [1.165, 1.54) is 6.42 Å². The molecule has 1 atom stereocenters. The number of carbonyl (C=O) groups is 1. The van der Waals surface area contributed by atoms with Gasteiger partial charge in [-0.1, -0.05) is 32.9 Å². The van der Waals surface area contributed by atoms with E-state index in [-0.39, 0.29) is 17.6 Å². The van der Waals surface area contributed by atoms with Gasteiger partial charge in [-0.25, -0.2) is 4.79 Å². The summed E-state index contributed by atoms with van der Waals surface area (Å²) in [6.45, 7) is 9.46. The van der Waals surface area contributed by atoms with E-state index >= 15 is 0 Å². The molecule has 2 aromatic carbocycles. The van der Waals surface area contributed by atoms with Gasteiger partial charge in [-0.15, -0.1) is 0 Å². The van der Waals surface area contributed by atoms with Gasteiger partial charge < -0.3 is 18.8 Å². The lowest BCUT2D eigenvalue weighted by Gasteiger charge is -2.30. The number of fused-ring (bicyclic) bond motifs is 1. The first-order valence-corrected chi connectivity index (χ1v) is 13.6. The fraction of sp³-hybridized carbons (Fsp3) is 0.484. The SMILES string of the molecule is CC(OC(=O)Nc1ccc(-c2c(C#N)c3ccc(OC4CCOCC4)cc3n2C2CCC2)cc1)C(C)(C)C. The second-order valence-corrected chi connectivity index (χ2v) is 11.5. The smallest absolute Gasteiger partial charge is 0.411 e. The Bertz CT molecular complexity index is 1340. The highest BCUT2D eigenvalue weighted by Gasteiger charge is 2.28. The largest absolute Gasteiger partial charge is 0.490 e. The van der Waals surface area contributed by atoms with Crippen LogP contribution < -0.4 is 10.1 Å². The van der Waals surface area contributed by atoms with Gasteiger partial charge in [0.05, 0.1) is 30.0 Å². The second kappa shape index (κ2) is 10.7. The van der Waals surface area contributed by atoms with Crippen molar-refractivity contribution in [3.8, 4) is 23.1 Å². The molecule has 1 N–H and O–H groups in total. The van der Waals surface area contributed by atoms with E-state index < -0.39 is 6.09 Å². The molecule has 1 aliphatic heterocycles. The zero-order valence-corrected chi connectivity index (χ0v) is 22.8. The van der Waals surface area contributed by atoms with Gasteiger partial charge in [-0.3, -0.25) is 5.32 Å². The number of ether oxygens (including phenoxy) is 3. The first kappa shape index (κ1) is 26.1. The van der Waals surface area contributed by atoms with Crippen LogP contribution in [-0.2, 0) is 9.47 Å². The molecule has 3 aromatic rings. The Labute approximate surface area is 224 Å². The average molecular weight is 516 g/mol. The maximum Gasteiger partial charge on any atom is 0.411 e. The third kappa shape index (κ3) is 5.37. The molecular weight excluding hydrogens is 478 g/mol. The Morgan fingerprint density at radius 1 is 1.11 bits per heavy atom. The summed E-state index contributed by atoms with van der Waals surface area (Å²) in [6.07, 6.45) is 4.59. The highest BCUT2D eigenvalue weighted by molar-refractivity contribution is 5.96. The van der Waals surface area contributed by atoms with Crippen LogP contribution in [-0.4, -0.2) is 36.1 Å². The maximum absolute atomic E-state index is 12.4. The van der Waals surface area contributed by atoms with Crippen LogP contribution in [0.5, 0.6) is 5.75 Å². The van der Waals surface area contributed by atoms with Gasteiger partial charge in [-0.05, 0) is 61.4 Å². The van der Waals surface area contributed by atoms with Crippen LogP contribution in [0.4, 0.5) is 10.5 Å². The zero-order chi connectivity index (χ0) is 26.9. The summed E-state index contributed by atoms with van der Waals surface area (Å²) in [7, 11) is 0. The van der Waals surface area contributed by atoms with E-state index in [0.29, 0.717) is 17.3 Å². The summed E-state index contributed by atoms with van der Waals surface area (Å²) in [5, 5.41) is 14.0. The van der Waals surface area contributed by atoms with Crippen LogP contribution in [0.2, 0.25) is 0 Å². The molecule has 1 unspecified atom stereocenters. The van der Waals surface area contributed by atoms with Crippen molar-refractivity contribution >= 4 is 22.7 Å². The van der Waals surface area contributed by atoms with E-state index in [4.69, 9.17) is 14.2 Å². The number of amides is 1. The first-order chi connectivity index (χ1) is 18.2. The number of anilines is 1. The van der Waals surface area contributed by atoms with Gasteiger partial charge in [0.1, 0.15) is 24.0 Å². The fourth-order valence-electron chi connectivity index (χ4n) is 4.97. The van der Waals surface area contributed by atoms with Crippen molar-refractivity contribution in [2.75, 3.05) is 18.5 Å². The van der Waals surface area contributed by atoms with Crippen molar-refractivity contribution in [3.05, 3.63) is 48.0 Å². The molecule has 38 heavy (non-hydrogen) atoms. The van der Waals surface area contributed by atoms with Gasteiger partial charge >= 0.3 is 6.09 Å². The van der Waals surface area contributed by atoms with Gasteiger partial charge in [0.25, 0.3) is 0 Å². The number of carbonyl (C=O) groups excluding carboxylic acids is 1. The number of nitrogens with zero attached hydrogens (tertiary/aromatic N) is 2. The Morgan fingerprint density at radius 3 is 2.42 bits per heavy atom. The maximum atomic E-state index is 12.4. The number of benzene rings is 2. The summed E-state index contributed by atoms with van der Waals surface area (Å²) in [6, 6.07) is 16.6. The Kier molecular flexibility index (Phi) is 7.36. The minimum atomic E-state index is -0.474. The van der Waals surface area contributed by atoms with E-state index in [2.05, 4.69) is 22.0 Å². The second-order valence-electron chi connectivity index (χ2n) is 11.5. The van der Waals surface area contributed by atoms with E-state index in [0.717, 1.165) is 66.8 Å². The minimum absolute atomic E-state index is 0.139. The van der Waals surface area contributed by atoms with Crippen LogP contribution in [0.25, 0.3) is 22.2 Å². The lowest BCUT2D eigenvalue weighted by molar-refractivity contribution is 0.0256. The van der Waals surface area contributed by atoms with Crippen LogP contribution in [0.15, 0.2) is 42.5 Å². The van der Waals surface area contributed by atoms with Crippen LogP contribution in [0.1, 0.15) is 71.4 Å². The van der Waals surface area contributed by atoms with E-state index in [9.17, 15) is 10.1 Å². The number of nitrogens with one attached hydrogen (secondary N) is 1. The Hall–Kier alpha value is -3.50. The van der Waals surface area contributed by atoms with Crippen LogP contribution in [0.3, 0.4) is 0 Å². The minimum Gasteiger partial charge on any atom is -0.490 e. The highest BCUT2D eigenvalue weighted by Crippen LogP contribution is 2.43. The summed E-state index contributed by atoms with van der Waals surface area (Å²) in [4.78, 5) is 12.4. The number of hydrogen-bond acceptors (Lipinski definition) is 5. The molecule has 2 fully saturated rings. The molecule has 7 nitrogen and oxygen atoms in total. The molecule has 2 aliphatic rings. The third-order valence-corrected chi connectivity index (χ3v) is 7.91. The third-order valence-electron chi connectivity index (χ3n) is 7.91. The standard InChI is InChI=1S/C31H37N3O4/c1-20(31(2,3)4)37-30(35)33-22-10-8-21(9-11-22)29-27(19-32)26-13-12-25(38-24-14-16-36-17-15-24)18-28(26)34(29)23-6-5-7-23/h8-13,18,20,23-24H,5-7,14-17H2,1-4H3,(H,33,35). The van der Waals surface area contributed by atoms with Crippen molar-refractivity contribution < 1.29 is 19.0 Å². The molecule has 1 saturated heterocycles. The molecule has 5 rings (SSSR count). The quantitative estimate of drug-likeness (QED) is 0.369. The van der Waals surface area contributed by atoms with Crippen molar-refractivity contribution in [2.45, 2.75) is 78.0 Å². The summed E-state index contributed by atoms with van der Waals surface area (Å²) in [5.74, 6) is 0.834. The summed E-state index contributed by atoms with van der Waals surface area (Å²) < 4.78 is 19.6. The highest BCUT2D eigenvalue weighted by atomic mass is 16.6. The van der Waals surface area contributed by atoms with Crippen molar-refractivity contribution in [3.63, 3.8) is 0 Å². The lowest BCUT2D eigenvalue weighted by atomic mass is 9.90. The first-order valence-electron chi connectivity index (χ1n) is 13.6. The molecule has 1 amide bonds. The molecule has 1 aliphatic carbocycles. The van der Waals surface area contributed by atoms with Crippen molar-refractivity contribution in [1.82, 2.24) is 4.57 Å². The van der Waals surface area contributed by atoms with Crippen LogP contribution >= 0.6 is 0 Å². The Morgan fingerprint density at radius 2 is 1.82 bits per heavy atom. The number of aromatic nitrogens is 1. The van der Waals surface area contributed by atoms with Gasteiger partial charge in [0.15, 0.2) is 0 Å². The monoisotopic (exact) mass is 515 g/mol. The summed E-state index contributed by atoms with van der Waals surface area (Å²) >= 11 is 0. The number of rotatable bonds is 6. The molecule has 1 aromatic heterocycles. The predicted molar refractivity (Wildman–Crippen MR) is 148 cm³/mol.